The Morgan fingerprint density at radius 2 is 1.88 bits per heavy atom. The lowest BCUT2D eigenvalue weighted by Gasteiger charge is -2.35. The van der Waals surface area contributed by atoms with E-state index in [0.717, 1.165) is 72.9 Å². The molecule has 3 aliphatic rings. The molecule has 2 aliphatic heterocycles. The van der Waals surface area contributed by atoms with Gasteiger partial charge in [-0.3, -0.25) is 14.0 Å². The average Bonchev–Trinajstić information content (AvgIpc) is 3.27. The minimum absolute atomic E-state index is 0. The van der Waals surface area contributed by atoms with Crippen LogP contribution in [0.4, 0.5) is 0 Å². The zero-order valence-electron chi connectivity index (χ0n) is 19.0. The third-order valence-corrected chi connectivity index (χ3v) is 8.24. The number of pyridine rings is 1. The maximum Gasteiger partial charge on any atom is 0.258 e. The van der Waals surface area contributed by atoms with Crippen LogP contribution in [0.5, 0.6) is 0 Å². The molecule has 2 fully saturated rings. The fourth-order valence-corrected chi connectivity index (χ4v) is 6.33. The van der Waals surface area contributed by atoms with Crippen LogP contribution < -0.4 is 5.32 Å². The van der Waals surface area contributed by atoms with Gasteiger partial charge in [-0.25, -0.2) is 4.98 Å². The SMILES string of the molecule is Cl.O=C(NCCCC1CCN(C(=O)C2CCCCC2)CC1)C1=Cc2cnc3cccc(n23)S1. The fraction of sp³-hybridized carbons (Fsp3) is 0.560. The Hall–Kier alpha value is -1.99. The predicted octanol–water partition coefficient (Wildman–Crippen LogP) is 4.92. The first kappa shape index (κ1) is 24.1. The Labute approximate surface area is 206 Å². The van der Waals surface area contributed by atoms with Gasteiger partial charge in [0, 0.05) is 25.6 Å². The Balaban J connectivity index is 0.00000259. The van der Waals surface area contributed by atoms with E-state index < -0.39 is 0 Å². The molecular formula is C25H33ClN4O2S. The number of hydrogen-bond acceptors (Lipinski definition) is 4. The highest BCUT2D eigenvalue weighted by Crippen LogP contribution is 2.34. The van der Waals surface area contributed by atoms with Crippen LogP contribution in [0.25, 0.3) is 11.7 Å². The van der Waals surface area contributed by atoms with Crippen LogP contribution >= 0.6 is 24.2 Å². The van der Waals surface area contributed by atoms with Crippen LogP contribution in [0.3, 0.4) is 0 Å². The molecular weight excluding hydrogens is 456 g/mol. The zero-order valence-corrected chi connectivity index (χ0v) is 20.6. The molecule has 0 bridgehead atoms. The van der Waals surface area contributed by atoms with Crippen molar-refractivity contribution in [2.45, 2.75) is 62.8 Å². The third-order valence-electron chi connectivity index (χ3n) is 7.19. The van der Waals surface area contributed by atoms with Crippen molar-refractivity contribution >= 4 is 47.7 Å². The Morgan fingerprint density at radius 1 is 1.09 bits per heavy atom. The second kappa shape index (κ2) is 11.0. The molecule has 1 aliphatic carbocycles. The normalized spacial score (nSPS) is 19.2. The summed E-state index contributed by atoms with van der Waals surface area (Å²) in [4.78, 5) is 32.7. The van der Waals surface area contributed by atoms with E-state index in [0.29, 0.717) is 18.4 Å². The van der Waals surface area contributed by atoms with Gasteiger partial charge in [-0.15, -0.1) is 12.4 Å². The number of likely N-dealkylation sites (tertiary alicyclic amines) is 1. The molecule has 2 aromatic rings. The van der Waals surface area contributed by atoms with Crippen molar-refractivity contribution < 1.29 is 9.59 Å². The van der Waals surface area contributed by atoms with E-state index in [2.05, 4.69) is 19.6 Å². The highest BCUT2D eigenvalue weighted by atomic mass is 35.5. The number of aromatic nitrogens is 2. The van der Waals surface area contributed by atoms with E-state index in [9.17, 15) is 9.59 Å². The van der Waals surface area contributed by atoms with E-state index >= 15 is 0 Å². The van der Waals surface area contributed by atoms with Gasteiger partial charge in [-0.1, -0.05) is 37.1 Å². The second-order valence-corrected chi connectivity index (χ2v) is 10.4. The molecule has 1 saturated heterocycles. The number of carbonyl (C=O) groups is 2. The third kappa shape index (κ3) is 5.40. The number of halogens is 1. The van der Waals surface area contributed by atoms with Crippen LogP contribution in [-0.2, 0) is 9.59 Å². The molecule has 0 radical (unpaired) electrons. The van der Waals surface area contributed by atoms with Crippen LogP contribution in [0.2, 0.25) is 0 Å². The standard InChI is InChI=1S/C25H32N4O2S.ClH/c30-24(21-16-20-17-27-22-9-4-10-23(32-21)29(20)22)26-13-5-6-18-11-14-28(15-12-18)25(31)19-7-2-1-3-8-19;/h4,9-10,16-19H,1-3,5-8,11-15H2,(H,26,30);1H. The summed E-state index contributed by atoms with van der Waals surface area (Å²) >= 11 is 1.50. The number of nitrogens with zero attached hydrogens (tertiary/aromatic N) is 3. The van der Waals surface area contributed by atoms with E-state index in [-0.39, 0.29) is 24.2 Å². The molecule has 2 aromatic heterocycles. The largest absolute Gasteiger partial charge is 0.352 e. The molecule has 8 heteroatoms. The van der Waals surface area contributed by atoms with Crippen molar-refractivity contribution in [3.05, 3.63) is 35.0 Å². The van der Waals surface area contributed by atoms with Gasteiger partial charge >= 0.3 is 0 Å². The number of imidazole rings is 1. The second-order valence-electron chi connectivity index (χ2n) is 9.35. The zero-order chi connectivity index (χ0) is 21.9. The van der Waals surface area contributed by atoms with Gasteiger partial charge in [0.05, 0.1) is 21.8 Å². The van der Waals surface area contributed by atoms with Gasteiger partial charge in [-0.2, -0.15) is 0 Å². The lowest BCUT2D eigenvalue weighted by molar-refractivity contribution is -0.138. The van der Waals surface area contributed by atoms with E-state index in [4.69, 9.17) is 0 Å². The van der Waals surface area contributed by atoms with Gasteiger partial charge in [-0.05, 0) is 62.7 Å². The summed E-state index contributed by atoms with van der Waals surface area (Å²) in [6.07, 6.45) is 13.9. The number of thioether (sulfide) groups is 1. The lowest BCUT2D eigenvalue weighted by Crippen LogP contribution is -2.42. The van der Waals surface area contributed by atoms with Crippen molar-refractivity contribution in [2.24, 2.45) is 11.8 Å². The van der Waals surface area contributed by atoms with E-state index in [1.54, 1.807) is 0 Å². The smallest absolute Gasteiger partial charge is 0.258 e. The van der Waals surface area contributed by atoms with Crippen LogP contribution in [0.1, 0.15) is 63.5 Å². The maximum absolute atomic E-state index is 12.7. The molecule has 0 unspecified atom stereocenters. The summed E-state index contributed by atoms with van der Waals surface area (Å²) < 4.78 is 2.08. The number of hydrogen-bond donors (Lipinski definition) is 1. The van der Waals surface area contributed by atoms with Crippen molar-refractivity contribution in [1.82, 2.24) is 19.6 Å². The van der Waals surface area contributed by atoms with Crippen molar-refractivity contribution in [3.63, 3.8) is 0 Å². The summed E-state index contributed by atoms with van der Waals surface area (Å²) in [7, 11) is 0. The minimum Gasteiger partial charge on any atom is -0.352 e. The van der Waals surface area contributed by atoms with Gasteiger partial charge in [0.25, 0.3) is 5.91 Å². The molecule has 0 atom stereocenters. The summed E-state index contributed by atoms with van der Waals surface area (Å²) in [5, 5.41) is 4.12. The Morgan fingerprint density at radius 3 is 2.67 bits per heavy atom. The van der Waals surface area contributed by atoms with Gasteiger partial charge in [0.2, 0.25) is 5.91 Å². The number of rotatable bonds is 6. The topological polar surface area (TPSA) is 66.7 Å². The van der Waals surface area contributed by atoms with Crippen LogP contribution in [0, 0.1) is 11.8 Å². The monoisotopic (exact) mass is 488 g/mol. The first-order valence-corrected chi connectivity index (χ1v) is 12.9. The van der Waals surface area contributed by atoms with E-state index in [1.807, 2.05) is 30.5 Å². The average molecular weight is 489 g/mol. The first-order chi connectivity index (χ1) is 15.7. The number of nitrogens with one attached hydrogen (secondary N) is 1. The predicted molar refractivity (Wildman–Crippen MR) is 134 cm³/mol. The van der Waals surface area contributed by atoms with Gasteiger partial charge in [0.15, 0.2) is 0 Å². The summed E-state index contributed by atoms with van der Waals surface area (Å²) in [5.74, 6) is 1.35. The first-order valence-electron chi connectivity index (χ1n) is 12.1. The molecule has 6 nitrogen and oxygen atoms in total. The molecule has 178 valence electrons. The van der Waals surface area contributed by atoms with E-state index in [1.165, 1.54) is 31.0 Å². The quantitative estimate of drug-likeness (QED) is 0.586. The highest BCUT2D eigenvalue weighted by molar-refractivity contribution is 8.04. The summed E-state index contributed by atoms with van der Waals surface area (Å²) in [6.45, 7) is 2.52. The molecule has 4 heterocycles. The molecule has 1 saturated carbocycles. The fourth-order valence-electron chi connectivity index (χ4n) is 5.33. The summed E-state index contributed by atoms with van der Waals surface area (Å²) in [5.41, 5.74) is 1.86. The Bertz CT molecular complexity index is 1020. The van der Waals surface area contributed by atoms with Crippen molar-refractivity contribution in [1.29, 1.82) is 0 Å². The van der Waals surface area contributed by atoms with Gasteiger partial charge in [0.1, 0.15) is 5.65 Å². The Kier molecular flexibility index (Phi) is 8.02. The molecule has 33 heavy (non-hydrogen) atoms. The number of carbonyl (C=O) groups excluding carboxylic acids is 2. The number of piperidine rings is 1. The minimum atomic E-state index is -0.00708. The maximum atomic E-state index is 12.7. The molecule has 5 rings (SSSR count). The number of amides is 2. The molecule has 1 N–H and O–H groups in total. The van der Waals surface area contributed by atoms with Crippen LogP contribution in [0.15, 0.2) is 34.3 Å². The molecule has 0 spiro atoms. The lowest BCUT2D eigenvalue weighted by atomic mass is 9.86. The molecule has 2 amide bonds. The highest BCUT2D eigenvalue weighted by Gasteiger charge is 2.29. The van der Waals surface area contributed by atoms with Crippen molar-refractivity contribution in [3.8, 4) is 0 Å². The van der Waals surface area contributed by atoms with Crippen molar-refractivity contribution in [2.75, 3.05) is 19.6 Å². The summed E-state index contributed by atoms with van der Waals surface area (Å²) in [6, 6.07) is 5.97. The molecule has 0 aromatic carbocycles. The van der Waals surface area contributed by atoms with Crippen LogP contribution in [-0.4, -0.2) is 45.7 Å². The van der Waals surface area contributed by atoms with Gasteiger partial charge < -0.3 is 10.2 Å².